The predicted octanol–water partition coefficient (Wildman–Crippen LogP) is 3.57. The van der Waals surface area contributed by atoms with Crippen molar-refractivity contribution >= 4 is 0 Å². The van der Waals surface area contributed by atoms with E-state index in [1.807, 2.05) is 0 Å². The van der Waals surface area contributed by atoms with Crippen LogP contribution in [0.25, 0.3) is 11.1 Å². The molecule has 1 aliphatic carbocycles. The van der Waals surface area contributed by atoms with E-state index < -0.39 is 0 Å². The van der Waals surface area contributed by atoms with E-state index in [4.69, 9.17) is 5.73 Å². The number of fused-ring (bicyclic) bond motifs is 3. The highest BCUT2D eigenvalue weighted by atomic mass is 15.2. The average molecular weight is 278 g/mol. The molecule has 1 saturated heterocycles. The SMILES string of the molecule is CC1CC(N)CCN1C1c2ccccc2-c2ccccc21. The van der Waals surface area contributed by atoms with E-state index in [9.17, 15) is 0 Å². The summed E-state index contributed by atoms with van der Waals surface area (Å²) in [6.45, 7) is 3.41. The van der Waals surface area contributed by atoms with Crippen molar-refractivity contribution < 1.29 is 0 Å². The Morgan fingerprint density at radius 2 is 1.52 bits per heavy atom. The summed E-state index contributed by atoms with van der Waals surface area (Å²) < 4.78 is 0. The first kappa shape index (κ1) is 13.1. The minimum atomic E-state index is 0.364. The van der Waals surface area contributed by atoms with Crippen molar-refractivity contribution in [2.75, 3.05) is 6.54 Å². The molecule has 0 bridgehead atoms. The average Bonchev–Trinajstić information content (AvgIpc) is 2.82. The van der Waals surface area contributed by atoms with Gasteiger partial charge in [-0.25, -0.2) is 0 Å². The Balaban J connectivity index is 1.82. The van der Waals surface area contributed by atoms with Crippen molar-refractivity contribution in [1.82, 2.24) is 4.90 Å². The topological polar surface area (TPSA) is 29.3 Å². The molecule has 0 aromatic heterocycles. The van der Waals surface area contributed by atoms with E-state index in [-0.39, 0.29) is 0 Å². The van der Waals surface area contributed by atoms with Crippen molar-refractivity contribution in [1.29, 1.82) is 0 Å². The van der Waals surface area contributed by atoms with E-state index in [0.29, 0.717) is 18.1 Å². The zero-order chi connectivity index (χ0) is 14.4. The van der Waals surface area contributed by atoms with E-state index in [1.165, 1.54) is 22.3 Å². The molecule has 2 unspecified atom stereocenters. The number of benzene rings is 2. The highest BCUT2D eigenvalue weighted by molar-refractivity contribution is 5.78. The minimum Gasteiger partial charge on any atom is -0.328 e. The van der Waals surface area contributed by atoms with Crippen LogP contribution in [0.5, 0.6) is 0 Å². The van der Waals surface area contributed by atoms with Gasteiger partial charge in [-0.2, -0.15) is 0 Å². The molecule has 1 heterocycles. The number of likely N-dealkylation sites (tertiary alicyclic amines) is 1. The summed E-state index contributed by atoms with van der Waals surface area (Å²) >= 11 is 0. The Morgan fingerprint density at radius 1 is 0.952 bits per heavy atom. The van der Waals surface area contributed by atoms with Crippen LogP contribution in [0.4, 0.5) is 0 Å². The van der Waals surface area contributed by atoms with Gasteiger partial charge in [-0.05, 0) is 42.0 Å². The van der Waals surface area contributed by atoms with Crippen LogP contribution in [0.3, 0.4) is 0 Å². The normalized spacial score (nSPS) is 25.6. The monoisotopic (exact) mass is 278 g/mol. The fraction of sp³-hybridized carbons (Fsp3) is 0.368. The molecule has 2 heteroatoms. The van der Waals surface area contributed by atoms with E-state index in [2.05, 4.69) is 60.4 Å². The van der Waals surface area contributed by atoms with Gasteiger partial charge in [0.05, 0.1) is 6.04 Å². The van der Waals surface area contributed by atoms with Crippen LogP contribution in [0, 0.1) is 0 Å². The molecule has 2 aromatic rings. The Kier molecular flexibility index (Phi) is 3.09. The second-order valence-electron chi connectivity index (χ2n) is 6.45. The van der Waals surface area contributed by atoms with Crippen molar-refractivity contribution in [3.8, 4) is 11.1 Å². The fourth-order valence-corrected chi connectivity index (χ4v) is 4.10. The third-order valence-corrected chi connectivity index (χ3v) is 5.10. The molecule has 4 rings (SSSR count). The van der Waals surface area contributed by atoms with Crippen LogP contribution in [-0.4, -0.2) is 23.5 Å². The lowest BCUT2D eigenvalue weighted by Crippen LogP contribution is -2.46. The smallest absolute Gasteiger partial charge is 0.0616 e. The van der Waals surface area contributed by atoms with Crippen LogP contribution < -0.4 is 5.73 Å². The van der Waals surface area contributed by atoms with Gasteiger partial charge >= 0.3 is 0 Å². The lowest BCUT2D eigenvalue weighted by atomic mass is 9.93. The van der Waals surface area contributed by atoms with Gasteiger partial charge in [-0.3, -0.25) is 4.90 Å². The van der Waals surface area contributed by atoms with Crippen molar-refractivity contribution in [2.45, 2.75) is 37.9 Å². The van der Waals surface area contributed by atoms with Gasteiger partial charge < -0.3 is 5.73 Å². The maximum atomic E-state index is 6.15. The van der Waals surface area contributed by atoms with E-state index in [0.717, 1.165) is 19.4 Å². The number of hydrogen-bond donors (Lipinski definition) is 1. The summed E-state index contributed by atoms with van der Waals surface area (Å²) in [7, 11) is 0. The second-order valence-corrected chi connectivity index (χ2v) is 6.45. The number of piperidine rings is 1. The first-order valence-corrected chi connectivity index (χ1v) is 7.95. The van der Waals surface area contributed by atoms with Crippen LogP contribution in [0.1, 0.15) is 36.9 Å². The molecule has 1 fully saturated rings. The number of rotatable bonds is 1. The second kappa shape index (κ2) is 4.97. The molecule has 0 spiro atoms. The van der Waals surface area contributed by atoms with Crippen LogP contribution >= 0.6 is 0 Å². The molecule has 2 nitrogen and oxygen atoms in total. The zero-order valence-electron chi connectivity index (χ0n) is 12.5. The molecular formula is C19H22N2. The molecule has 2 aromatic carbocycles. The van der Waals surface area contributed by atoms with Gasteiger partial charge in [-0.1, -0.05) is 48.5 Å². The van der Waals surface area contributed by atoms with Crippen LogP contribution in [0.15, 0.2) is 48.5 Å². The standard InChI is InChI=1S/C19H22N2/c1-13-12-14(20)10-11-21(13)19-17-8-4-2-6-15(17)16-7-3-5-9-18(16)19/h2-9,13-14,19H,10-12,20H2,1H3. The molecule has 0 radical (unpaired) electrons. The summed E-state index contributed by atoms with van der Waals surface area (Å²) in [5, 5.41) is 0. The van der Waals surface area contributed by atoms with Crippen molar-refractivity contribution in [3.63, 3.8) is 0 Å². The van der Waals surface area contributed by atoms with Crippen molar-refractivity contribution in [3.05, 3.63) is 59.7 Å². The quantitative estimate of drug-likeness (QED) is 0.864. The van der Waals surface area contributed by atoms with E-state index in [1.54, 1.807) is 0 Å². The Hall–Kier alpha value is -1.64. The zero-order valence-corrected chi connectivity index (χ0v) is 12.5. The molecule has 0 amide bonds. The summed E-state index contributed by atoms with van der Waals surface area (Å²) in [4.78, 5) is 2.65. The summed E-state index contributed by atoms with van der Waals surface area (Å²) in [5.74, 6) is 0. The molecule has 21 heavy (non-hydrogen) atoms. The highest BCUT2D eigenvalue weighted by Crippen LogP contribution is 2.47. The van der Waals surface area contributed by atoms with Gasteiger partial charge in [0.2, 0.25) is 0 Å². The number of hydrogen-bond acceptors (Lipinski definition) is 2. The van der Waals surface area contributed by atoms with Crippen LogP contribution in [0.2, 0.25) is 0 Å². The summed E-state index contributed by atoms with van der Waals surface area (Å²) in [6, 6.07) is 19.0. The number of nitrogens with two attached hydrogens (primary N) is 1. The minimum absolute atomic E-state index is 0.364. The molecule has 108 valence electrons. The fourth-order valence-electron chi connectivity index (χ4n) is 4.10. The van der Waals surface area contributed by atoms with Crippen LogP contribution in [-0.2, 0) is 0 Å². The number of nitrogens with zero attached hydrogens (tertiary/aromatic N) is 1. The van der Waals surface area contributed by atoms with E-state index >= 15 is 0 Å². The van der Waals surface area contributed by atoms with Crippen molar-refractivity contribution in [2.24, 2.45) is 5.73 Å². The largest absolute Gasteiger partial charge is 0.328 e. The van der Waals surface area contributed by atoms with Gasteiger partial charge in [-0.15, -0.1) is 0 Å². The Labute approximate surface area is 126 Å². The molecular weight excluding hydrogens is 256 g/mol. The lowest BCUT2D eigenvalue weighted by molar-refractivity contribution is 0.116. The maximum absolute atomic E-state index is 6.15. The molecule has 2 aliphatic rings. The summed E-state index contributed by atoms with van der Waals surface area (Å²) in [5.41, 5.74) is 11.9. The Bertz CT molecular complexity index is 619. The van der Waals surface area contributed by atoms with Gasteiger partial charge in [0.1, 0.15) is 0 Å². The highest BCUT2D eigenvalue weighted by Gasteiger charge is 2.36. The van der Waals surface area contributed by atoms with Gasteiger partial charge in [0.25, 0.3) is 0 Å². The Morgan fingerprint density at radius 3 is 2.10 bits per heavy atom. The van der Waals surface area contributed by atoms with Gasteiger partial charge in [0, 0.05) is 18.6 Å². The maximum Gasteiger partial charge on any atom is 0.0616 e. The lowest BCUT2D eigenvalue weighted by Gasteiger charge is -2.41. The third-order valence-electron chi connectivity index (χ3n) is 5.10. The third kappa shape index (κ3) is 2.02. The van der Waals surface area contributed by atoms with Gasteiger partial charge in [0.15, 0.2) is 0 Å². The first-order chi connectivity index (χ1) is 10.3. The molecule has 1 aliphatic heterocycles. The summed E-state index contributed by atoms with van der Waals surface area (Å²) in [6.07, 6.45) is 2.20. The molecule has 2 N–H and O–H groups in total. The first-order valence-electron chi connectivity index (χ1n) is 7.95. The molecule has 2 atom stereocenters. The predicted molar refractivity (Wildman–Crippen MR) is 87.1 cm³/mol. The molecule has 0 saturated carbocycles.